The molecule has 2 atom stereocenters. The van der Waals surface area contributed by atoms with Gasteiger partial charge >= 0.3 is 6.09 Å². The molecular weight excluding hydrogens is 464 g/mol. The van der Waals surface area contributed by atoms with Crippen LogP contribution in [0.3, 0.4) is 0 Å². The second-order valence-corrected chi connectivity index (χ2v) is 11.0. The van der Waals surface area contributed by atoms with Crippen LogP contribution < -0.4 is 16.4 Å². The predicted octanol–water partition coefficient (Wildman–Crippen LogP) is 2.24. The van der Waals surface area contributed by atoms with E-state index in [2.05, 4.69) is 10.6 Å². The molecule has 5 N–H and O–H groups in total. The number of nitrogens with one attached hydrogen (secondary N) is 2. The summed E-state index contributed by atoms with van der Waals surface area (Å²) in [5, 5.41) is 15.3. The van der Waals surface area contributed by atoms with Crippen molar-refractivity contribution in [3.05, 3.63) is 34.9 Å². The number of hydrogen-bond acceptors (Lipinski definition) is 6. The lowest BCUT2D eigenvalue weighted by molar-refractivity contribution is -0.144. The highest BCUT2D eigenvalue weighted by Crippen LogP contribution is 2.27. The van der Waals surface area contributed by atoms with Gasteiger partial charge in [-0.2, -0.15) is 0 Å². The van der Waals surface area contributed by atoms with Crippen LogP contribution in [-0.4, -0.2) is 64.2 Å². The van der Waals surface area contributed by atoms with Crippen LogP contribution in [0.25, 0.3) is 0 Å². The lowest BCUT2D eigenvalue weighted by atomic mass is 9.95. The van der Waals surface area contributed by atoms with Crippen molar-refractivity contribution in [2.45, 2.75) is 91.5 Å². The molecule has 0 saturated heterocycles. The quantitative estimate of drug-likeness (QED) is 0.382. The van der Waals surface area contributed by atoms with E-state index in [0.29, 0.717) is 5.56 Å². The molecule has 0 aliphatic heterocycles. The number of rotatable bonds is 10. The van der Waals surface area contributed by atoms with Gasteiger partial charge < -0.3 is 31.1 Å². The standard InChI is InChI=1S/C26H42N4O6/c1-16-9-10-18(17(2)15-16)21(22(33)29-25(3,4)5)30(13-14-31)23(34)19(11-12-20(27)32)28-24(35)36-26(6,7)8/h9-10,15,19,21,31H,11-14H2,1-8H3,(H2,27,32)(H,28,35)(H,29,33). The zero-order valence-corrected chi connectivity index (χ0v) is 22.7. The van der Waals surface area contributed by atoms with Gasteiger partial charge in [-0.05, 0) is 72.9 Å². The van der Waals surface area contributed by atoms with Gasteiger partial charge in [0.15, 0.2) is 0 Å². The Morgan fingerprint density at radius 3 is 2.17 bits per heavy atom. The van der Waals surface area contributed by atoms with Crippen LogP contribution in [0.15, 0.2) is 18.2 Å². The first kappa shape index (κ1) is 30.9. The summed E-state index contributed by atoms with van der Waals surface area (Å²) in [5.41, 5.74) is 6.23. The summed E-state index contributed by atoms with van der Waals surface area (Å²) in [6.07, 6.45) is -1.13. The largest absolute Gasteiger partial charge is 0.444 e. The fraction of sp³-hybridized carbons (Fsp3) is 0.615. The Labute approximate surface area is 213 Å². The molecule has 10 nitrogen and oxygen atoms in total. The summed E-state index contributed by atoms with van der Waals surface area (Å²) >= 11 is 0. The van der Waals surface area contributed by atoms with Gasteiger partial charge in [-0.25, -0.2) is 4.79 Å². The molecule has 1 aromatic carbocycles. The van der Waals surface area contributed by atoms with Crippen molar-refractivity contribution in [1.29, 1.82) is 0 Å². The van der Waals surface area contributed by atoms with E-state index in [9.17, 15) is 24.3 Å². The van der Waals surface area contributed by atoms with Gasteiger partial charge in [0, 0.05) is 18.5 Å². The monoisotopic (exact) mass is 506 g/mol. The van der Waals surface area contributed by atoms with Gasteiger partial charge in [0.25, 0.3) is 0 Å². The lowest BCUT2D eigenvalue weighted by Gasteiger charge is -2.36. The molecule has 1 aromatic rings. The van der Waals surface area contributed by atoms with Crippen molar-refractivity contribution in [2.24, 2.45) is 5.73 Å². The molecule has 0 aliphatic rings. The first-order valence-corrected chi connectivity index (χ1v) is 12.0. The van der Waals surface area contributed by atoms with E-state index < -0.39 is 53.6 Å². The Balaban J connectivity index is 3.54. The Morgan fingerprint density at radius 1 is 1.08 bits per heavy atom. The van der Waals surface area contributed by atoms with E-state index in [1.807, 2.05) is 46.8 Å². The molecule has 1 rings (SSSR count). The highest BCUT2D eigenvalue weighted by molar-refractivity contribution is 5.93. The summed E-state index contributed by atoms with van der Waals surface area (Å²) in [7, 11) is 0. The summed E-state index contributed by atoms with van der Waals surface area (Å²) in [6.45, 7) is 13.6. The number of hydrogen-bond donors (Lipinski definition) is 4. The van der Waals surface area contributed by atoms with Crippen molar-refractivity contribution in [1.82, 2.24) is 15.5 Å². The molecule has 0 spiro atoms. The number of nitrogens with two attached hydrogens (primary N) is 1. The highest BCUT2D eigenvalue weighted by Gasteiger charge is 2.37. The number of amides is 4. The fourth-order valence-electron chi connectivity index (χ4n) is 3.69. The molecule has 0 fully saturated rings. The van der Waals surface area contributed by atoms with E-state index in [1.54, 1.807) is 26.8 Å². The molecular formula is C26H42N4O6. The zero-order valence-electron chi connectivity index (χ0n) is 22.7. The van der Waals surface area contributed by atoms with Gasteiger partial charge in [0.2, 0.25) is 17.7 Å². The zero-order chi connectivity index (χ0) is 27.8. The smallest absolute Gasteiger partial charge is 0.408 e. The minimum Gasteiger partial charge on any atom is -0.444 e. The van der Waals surface area contributed by atoms with E-state index in [1.165, 1.54) is 4.90 Å². The van der Waals surface area contributed by atoms with Crippen LogP contribution in [-0.2, 0) is 19.1 Å². The van der Waals surface area contributed by atoms with Crippen LogP contribution in [0.4, 0.5) is 4.79 Å². The number of aliphatic hydroxyl groups excluding tert-OH is 1. The predicted molar refractivity (Wildman–Crippen MR) is 137 cm³/mol. The summed E-state index contributed by atoms with van der Waals surface area (Å²) in [6, 6.07) is 3.20. The number of carbonyl (C=O) groups is 4. The lowest BCUT2D eigenvalue weighted by Crippen LogP contribution is -2.55. The maximum Gasteiger partial charge on any atom is 0.408 e. The first-order chi connectivity index (χ1) is 16.4. The molecule has 202 valence electrons. The average Bonchev–Trinajstić information content (AvgIpc) is 2.68. The van der Waals surface area contributed by atoms with Crippen molar-refractivity contribution < 1.29 is 29.0 Å². The van der Waals surface area contributed by atoms with Gasteiger partial charge in [-0.1, -0.05) is 23.8 Å². The number of alkyl carbamates (subject to hydrolysis) is 1. The topological polar surface area (TPSA) is 151 Å². The van der Waals surface area contributed by atoms with Crippen LogP contribution in [0.1, 0.15) is 77.1 Å². The first-order valence-electron chi connectivity index (χ1n) is 12.0. The number of primary amides is 1. The molecule has 0 heterocycles. The van der Waals surface area contributed by atoms with Crippen molar-refractivity contribution in [3.8, 4) is 0 Å². The minimum atomic E-state index is -1.21. The number of aliphatic hydroxyl groups is 1. The summed E-state index contributed by atoms with van der Waals surface area (Å²) in [4.78, 5) is 52.6. The Kier molecular flexibility index (Phi) is 10.9. The van der Waals surface area contributed by atoms with E-state index in [0.717, 1.165) is 11.1 Å². The molecule has 0 bridgehead atoms. The minimum absolute atomic E-state index is 0.101. The van der Waals surface area contributed by atoms with E-state index in [-0.39, 0.29) is 19.4 Å². The van der Waals surface area contributed by atoms with Gasteiger partial charge in [0.05, 0.1) is 6.61 Å². The SMILES string of the molecule is Cc1ccc(C(C(=O)NC(C)(C)C)N(CCO)C(=O)C(CCC(N)=O)NC(=O)OC(C)(C)C)c(C)c1. The maximum atomic E-state index is 13.8. The highest BCUT2D eigenvalue weighted by atomic mass is 16.6. The average molecular weight is 507 g/mol. The number of aryl methyl sites for hydroxylation is 2. The number of ether oxygens (including phenoxy) is 1. The third-order valence-electron chi connectivity index (χ3n) is 5.07. The molecule has 0 radical (unpaired) electrons. The van der Waals surface area contributed by atoms with Crippen LogP contribution in [0.5, 0.6) is 0 Å². The van der Waals surface area contributed by atoms with Crippen molar-refractivity contribution in [2.75, 3.05) is 13.2 Å². The number of nitrogens with zero attached hydrogens (tertiary/aromatic N) is 1. The van der Waals surface area contributed by atoms with Gasteiger partial charge in [-0.3, -0.25) is 14.4 Å². The molecule has 10 heteroatoms. The number of carbonyl (C=O) groups excluding carboxylic acids is 4. The van der Waals surface area contributed by atoms with Gasteiger partial charge in [0.1, 0.15) is 17.7 Å². The second kappa shape index (κ2) is 12.7. The maximum absolute atomic E-state index is 13.8. The fourth-order valence-corrected chi connectivity index (χ4v) is 3.69. The van der Waals surface area contributed by atoms with Crippen LogP contribution in [0.2, 0.25) is 0 Å². The Bertz CT molecular complexity index is 949. The third-order valence-corrected chi connectivity index (χ3v) is 5.07. The van der Waals surface area contributed by atoms with Crippen molar-refractivity contribution >= 4 is 23.8 Å². The molecule has 0 aliphatic carbocycles. The Hall–Kier alpha value is -3.14. The molecule has 4 amide bonds. The third kappa shape index (κ3) is 10.2. The van der Waals surface area contributed by atoms with Crippen LogP contribution in [0, 0.1) is 13.8 Å². The molecule has 0 aromatic heterocycles. The molecule has 36 heavy (non-hydrogen) atoms. The van der Waals surface area contributed by atoms with E-state index >= 15 is 0 Å². The van der Waals surface area contributed by atoms with Gasteiger partial charge in [-0.15, -0.1) is 0 Å². The summed E-state index contributed by atoms with van der Waals surface area (Å²) in [5.74, 6) is -1.74. The van der Waals surface area contributed by atoms with Crippen LogP contribution >= 0.6 is 0 Å². The van der Waals surface area contributed by atoms with E-state index in [4.69, 9.17) is 10.5 Å². The Morgan fingerprint density at radius 2 is 1.69 bits per heavy atom. The molecule has 0 saturated carbocycles. The van der Waals surface area contributed by atoms with Crippen molar-refractivity contribution in [3.63, 3.8) is 0 Å². The number of benzene rings is 1. The molecule has 2 unspecified atom stereocenters. The normalized spacial score (nSPS) is 13.4. The second-order valence-electron chi connectivity index (χ2n) is 11.0. The summed E-state index contributed by atoms with van der Waals surface area (Å²) < 4.78 is 5.29.